The molecule has 0 radical (unpaired) electrons. The lowest BCUT2D eigenvalue weighted by Gasteiger charge is -2.59. The van der Waals surface area contributed by atoms with Crippen LogP contribution in [0.5, 0.6) is 0 Å². The van der Waals surface area contributed by atoms with Crippen molar-refractivity contribution >= 4 is 24.0 Å². The van der Waals surface area contributed by atoms with Crippen LogP contribution in [0.2, 0.25) is 0 Å². The van der Waals surface area contributed by atoms with Gasteiger partial charge in [0, 0.05) is 12.0 Å². The van der Waals surface area contributed by atoms with Crippen molar-refractivity contribution in [3.05, 3.63) is 75.9 Å². The molecule has 5 atom stereocenters. The van der Waals surface area contributed by atoms with Gasteiger partial charge in [0.05, 0.1) is 16.0 Å². The van der Waals surface area contributed by atoms with Crippen LogP contribution in [0.3, 0.4) is 0 Å². The summed E-state index contributed by atoms with van der Waals surface area (Å²) >= 11 is 0. The number of allylic oxidation sites excluding steroid dienone is 2. The van der Waals surface area contributed by atoms with Gasteiger partial charge in [-0.1, -0.05) is 43.4 Å². The number of cyclic esters (lactones) is 1. The molecule has 1 aliphatic heterocycles. The number of hydrogen-bond donors (Lipinski definition) is 1. The predicted molar refractivity (Wildman–Crippen MR) is 131 cm³/mol. The first-order valence-corrected chi connectivity index (χ1v) is 12.0. The van der Waals surface area contributed by atoms with Crippen molar-refractivity contribution in [2.75, 3.05) is 6.61 Å². The summed E-state index contributed by atoms with van der Waals surface area (Å²) in [4.78, 5) is 47.5. The highest BCUT2D eigenvalue weighted by Gasteiger charge is 2.59. The number of fused-ring (bicyclic) bond motifs is 1. The average molecular weight is 495 g/mol. The van der Waals surface area contributed by atoms with Crippen molar-refractivity contribution in [2.45, 2.75) is 51.2 Å². The molecule has 2 aliphatic carbocycles. The van der Waals surface area contributed by atoms with Crippen molar-refractivity contribution in [1.82, 2.24) is 5.32 Å². The number of nitro benzene ring substituents is 1. The molecule has 1 aromatic rings. The van der Waals surface area contributed by atoms with E-state index in [1.807, 2.05) is 13.0 Å². The monoisotopic (exact) mass is 494 g/mol. The number of amides is 1. The quantitative estimate of drug-likeness (QED) is 0.199. The van der Waals surface area contributed by atoms with Crippen molar-refractivity contribution in [1.29, 1.82) is 0 Å². The summed E-state index contributed by atoms with van der Waals surface area (Å²) < 4.78 is 10.9. The van der Waals surface area contributed by atoms with Crippen LogP contribution in [0.1, 0.15) is 49.9 Å². The predicted octanol–water partition coefficient (Wildman–Crippen LogP) is 4.05. The lowest BCUT2D eigenvalue weighted by Crippen LogP contribution is -2.66. The smallest absolute Gasteiger partial charge is 0.345 e. The molecule has 1 heterocycles. The van der Waals surface area contributed by atoms with Crippen molar-refractivity contribution in [2.24, 2.45) is 17.3 Å². The maximum atomic E-state index is 13.0. The van der Waals surface area contributed by atoms with E-state index < -0.39 is 22.5 Å². The summed E-state index contributed by atoms with van der Waals surface area (Å²) in [7, 11) is 0. The van der Waals surface area contributed by atoms with Gasteiger partial charge in [0.1, 0.15) is 18.3 Å². The second kappa shape index (κ2) is 9.72. The van der Waals surface area contributed by atoms with Crippen molar-refractivity contribution in [3.8, 4) is 0 Å². The summed E-state index contributed by atoms with van der Waals surface area (Å²) in [6.45, 7) is 8.57. The number of ether oxygens (including phenoxy) is 2. The standard InChI is InChI=1S/C27H30N2O7/c1-17-8-11-22-26(2,20(17)10-9-18-13-15-35-24(18)31)14-12-23(27(22,3)28-16-30)36-25(32)19-6-4-5-7-21(19)29(33)34/h4-7,9-10,13,16,20,22-23H,1,8,11-12,14-15H2,2-3H3,(H,28,30). The first-order chi connectivity index (χ1) is 17.1. The number of esters is 2. The Labute approximate surface area is 209 Å². The Morgan fingerprint density at radius 3 is 2.72 bits per heavy atom. The maximum absolute atomic E-state index is 13.0. The van der Waals surface area contributed by atoms with Gasteiger partial charge in [0.25, 0.3) is 5.69 Å². The van der Waals surface area contributed by atoms with E-state index in [0.717, 1.165) is 12.0 Å². The molecule has 0 bridgehead atoms. The highest BCUT2D eigenvalue weighted by Crippen LogP contribution is 2.59. The second-order valence-corrected chi connectivity index (χ2v) is 10.1. The van der Waals surface area contributed by atoms with E-state index in [9.17, 15) is 24.5 Å². The van der Waals surface area contributed by atoms with Crippen LogP contribution < -0.4 is 5.32 Å². The molecule has 2 saturated carbocycles. The zero-order chi connectivity index (χ0) is 26.1. The summed E-state index contributed by atoms with van der Waals surface area (Å²) in [5, 5.41) is 14.4. The zero-order valence-corrected chi connectivity index (χ0v) is 20.4. The topological polar surface area (TPSA) is 125 Å². The third-order valence-electron chi connectivity index (χ3n) is 8.20. The van der Waals surface area contributed by atoms with Gasteiger partial charge in [-0.05, 0) is 56.1 Å². The Bertz CT molecular complexity index is 1170. The number of nitrogens with zero attached hydrogens (tertiary/aromatic N) is 1. The van der Waals surface area contributed by atoms with Gasteiger partial charge < -0.3 is 14.8 Å². The van der Waals surface area contributed by atoms with Crippen molar-refractivity contribution in [3.63, 3.8) is 0 Å². The van der Waals surface area contributed by atoms with E-state index in [1.165, 1.54) is 18.2 Å². The minimum absolute atomic E-state index is 0.0646. The summed E-state index contributed by atoms with van der Waals surface area (Å²) in [5.41, 5.74) is -0.144. The Kier molecular flexibility index (Phi) is 6.84. The molecule has 1 N–H and O–H groups in total. The van der Waals surface area contributed by atoms with Crippen LogP contribution in [-0.4, -0.2) is 41.5 Å². The van der Waals surface area contributed by atoms with Crippen LogP contribution in [-0.2, 0) is 19.1 Å². The van der Waals surface area contributed by atoms with E-state index in [4.69, 9.17) is 9.47 Å². The molecule has 3 aliphatic rings. The van der Waals surface area contributed by atoms with Gasteiger partial charge in [0.15, 0.2) is 0 Å². The molecular weight excluding hydrogens is 464 g/mol. The molecule has 190 valence electrons. The van der Waals surface area contributed by atoms with Gasteiger partial charge in [-0.25, -0.2) is 9.59 Å². The van der Waals surface area contributed by atoms with Crippen LogP contribution in [0.25, 0.3) is 0 Å². The number of para-hydroxylation sites is 1. The SMILES string of the molecule is C=C1CCC2C(C)(CCC(OC(=O)c3ccccc3[N+](=O)[O-])C2(C)NC=O)C1C=CC1=CCOC1=O. The fourth-order valence-electron chi connectivity index (χ4n) is 6.34. The lowest BCUT2D eigenvalue weighted by atomic mass is 9.48. The van der Waals surface area contributed by atoms with E-state index in [-0.39, 0.29) is 41.1 Å². The fourth-order valence-corrected chi connectivity index (χ4v) is 6.34. The molecule has 1 amide bonds. The third-order valence-corrected chi connectivity index (χ3v) is 8.20. The molecular formula is C27H30N2O7. The van der Waals surface area contributed by atoms with Gasteiger partial charge in [-0.15, -0.1) is 0 Å². The second-order valence-electron chi connectivity index (χ2n) is 10.1. The number of nitro groups is 1. The fraction of sp³-hybridized carbons (Fsp3) is 0.444. The first kappa shape index (κ1) is 25.3. The normalized spacial score (nSPS) is 31.8. The highest BCUT2D eigenvalue weighted by atomic mass is 16.6. The Morgan fingerprint density at radius 1 is 1.31 bits per heavy atom. The third kappa shape index (κ3) is 4.34. The van der Waals surface area contributed by atoms with Gasteiger partial charge >= 0.3 is 11.9 Å². The summed E-state index contributed by atoms with van der Waals surface area (Å²) in [5.74, 6) is -1.30. The van der Waals surface area contributed by atoms with E-state index in [1.54, 1.807) is 18.2 Å². The van der Waals surface area contributed by atoms with Gasteiger partial charge in [-0.2, -0.15) is 0 Å². The van der Waals surface area contributed by atoms with E-state index >= 15 is 0 Å². The number of hydrogen-bond acceptors (Lipinski definition) is 7. The average Bonchev–Trinajstić information content (AvgIpc) is 3.25. The van der Waals surface area contributed by atoms with E-state index in [0.29, 0.717) is 31.2 Å². The molecule has 0 aromatic heterocycles. The Balaban J connectivity index is 1.63. The summed E-state index contributed by atoms with van der Waals surface area (Å²) in [6, 6.07) is 5.66. The van der Waals surface area contributed by atoms with Crippen LogP contribution >= 0.6 is 0 Å². The van der Waals surface area contributed by atoms with Crippen LogP contribution in [0, 0.1) is 27.4 Å². The maximum Gasteiger partial charge on any atom is 0.345 e. The molecule has 2 fully saturated rings. The van der Waals surface area contributed by atoms with E-state index in [2.05, 4.69) is 18.8 Å². The summed E-state index contributed by atoms with van der Waals surface area (Å²) in [6.07, 6.45) is 7.99. The molecule has 1 aromatic carbocycles. The number of carbonyl (C=O) groups is 3. The zero-order valence-electron chi connectivity index (χ0n) is 20.4. The van der Waals surface area contributed by atoms with Gasteiger partial charge in [-0.3, -0.25) is 14.9 Å². The van der Waals surface area contributed by atoms with Gasteiger partial charge in [0.2, 0.25) is 6.41 Å². The minimum atomic E-state index is -0.910. The number of carbonyl (C=O) groups excluding carboxylic acids is 3. The Morgan fingerprint density at radius 2 is 2.06 bits per heavy atom. The molecule has 0 saturated heterocycles. The number of rotatable bonds is 7. The molecule has 0 spiro atoms. The molecule has 4 rings (SSSR count). The molecule has 9 heteroatoms. The molecule has 36 heavy (non-hydrogen) atoms. The molecule has 5 unspecified atom stereocenters. The largest absolute Gasteiger partial charge is 0.458 e. The lowest BCUT2D eigenvalue weighted by molar-refractivity contribution is -0.385. The number of benzene rings is 1. The molecule has 9 nitrogen and oxygen atoms in total. The van der Waals surface area contributed by atoms with Crippen LogP contribution in [0.15, 0.2) is 60.2 Å². The number of nitrogens with one attached hydrogen (secondary N) is 1. The minimum Gasteiger partial charge on any atom is -0.458 e. The highest BCUT2D eigenvalue weighted by molar-refractivity contribution is 5.94. The first-order valence-electron chi connectivity index (χ1n) is 12.0. The van der Waals surface area contributed by atoms with Crippen LogP contribution in [0.4, 0.5) is 5.69 Å². The Hall–Kier alpha value is -3.75. The van der Waals surface area contributed by atoms with Crippen molar-refractivity contribution < 1.29 is 28.8 Å².